The van der Waals surface area contributed by atoms with Crippen LogP contribution in [0.2, 0.25) is 5.02 Å². The Kier molecular flexibility index (Phi) is 4.17. The minimum Gasteiger partial charge on any atom is -0.454 e. The topological polar surface area (TPSA) is 26.3 Å². The first kappa shape index (κ1) is 13.6. The molecule has 0 unspecified atom stereocenters. The Morgan fingerprint density at radius 1 is 1.21 bits per heavy atom. The summed E-state index contributed by atoms with van der Waals surface area (Å²) >= 11 is 5.67. The number of benzene rings is 2. The number of carbonyl (C=O) groups excluding carboxylic acids is 1. The Hall–Kier alpha value is -1.87. The maximum atomic E-state index is 13.6. The molecule has 0 aromatic heterocycles. The van der Waals surface area contributed by atoms with E-state index in [4.69, 9.17) is 16.3 Å². The molecule has 0 N–H and O–H groups in total. The molecule has 0 atom stereocenters. The molecule has 2 nitrogen and oxygen atoms in total. The predicted molar refractivity (Wildman–Crippen MR) is 72.5 cm³/mol. The molecule has 0 saturated carbocycles. The normalized spacial score (nSPS) is 10.3. The smallest absolute Gasteiger partial charge is 0.184 e. The van der Waals surface area contributed by atoms with Crippen molar-refractivity contribution < 1.29 is 13.9 Å². The summed E-state index contributed by atoms with van der Waals surface area (Å²) < 4.78 is 19.0. The van der Waals surface area contributed by atoms with Gasteiger partial charge in [-0.15, -0.1) is 0 Å². The van der Waals surface area contributed by atoms with Crippen molar-refractivity contribution in [1.82, 2.24) is 0 Å². The van der Waals surface area contributed by atoms with E-state index in [-0.39, 0.29) is 16.6 Å². The average Bonchev–Trinajstić information content (AvgIpc) is 2.44. The van der Waals surface area contributed by atoms with Gasteiger partial charge in [0.15, 0.2) is 17.3 Å². The Balaban J connectivity index is 2.20. The molecule has 2 rings (SSSR count). The summed E-state index contributed by atoms with van der Waals surface area (Å²) in [6.45, 7) is 1.80. The molecule has 0 radical (unpaired) electrons. The van der Waals surface area contributed by atoms with Gasteiger partial charge in [0.05, 0.1) is 5.02 Å². The largest absolute Gasteiger partial charge is 0.454 e. The number of Topliss-reactive ketones (excluding diaryl/α,β-unsaturated/α-hetero) is 1. The second-order valence-corrected chi connectivity index (χ2v) is 4.36. The Bertz CT molecular complexity index is 594. The number of ketones is 1. The maximum Gasteiger partial charge on any atom is 0.184 e. The number of ether oxygens (including phenoxy) is 1. The van der Waals surface area contributed by atoms with Crippen LogP contribution in [0, 0.1) is 5.82 Å². The van der Waals surface area contributed by atoms with Crippen molar-refractivity contribution in [2.45, 2.75) is 13.3 Å². The van der Waals surface area contributed by atoms with Crippen LogP contribution < -0.4 is 4.74 Å². The van der Waals surface area contributed by atoms with Crippen LogP contribution in [0.3, 0.4) is 0 Å². The van der Waals surface area contributed by atoms with E-state index in [1.54, 1.807) is 37.3 Å². The maximum absolute atomic E-state index is 13.6. The van der Waals surface area contributed by atoms with Gasteiger partial charge in [-0.25, -0.2) is 4.39 Å². The van der Waals surface area contributed by atoms with Crippen LogP contribution in [0.4, 0.5) is 4.39 Å². The summed E-state index contributed by atoms with van der Waals surface area (Å²) in [4.78, 5) is 11.5. The molecule has 98 valence electrons. The van der Waals surface area contributed by atoms with Crippen molar-refractivity contribution in [3.05, 3.63) is 58.9 Å². The van der Waals surface area contributed by atoms with Gasteiger partial charge < -0.3 is 4.74 Å². The fourth-order valence-corrected chi connectivity index (χ4v) is 1.77. The summed E-state index contributed by atoms with van der Waals surface area (Å²) in [6.07, 6.45) is 0.448. The Morgan fingerprint density at radius 3 is 2.53 bits per heavy atom. The Labute approximate surface area is 115 Å². The molecule has 0 aliphatic heterocycles. The fraction of sp³-hybridized carbons (Fsp3) is 0.133. The third-order valence-corrected chi connectivity index (χ3v) is 2.93. The summed E-state index contributed by atoms with van der Waals surface area (Å²) in [5.41, 5.74) is 0.612. The number of halogens is 2. The summed E-state index contributed by atoms with van der Waals surface area (Å²) in [6, 6.07) is 11.1. The van der Waals surface area contributed by atoms with Gasteiger partial charge in [0.25, 0.3) is 0 Å². The van der Waals surface area contributed by atoms with Gasteiger partial charge in [-0.1, -0.05) is 24.6 Å². The minimum atomic E-state index is -0.599. The molecule has 0 spiro atoms. The molecule has 4 heteroatoms. The average molecular weight is 279 g/mol. The van der Waals surface area contributed by atoms with E-state index in [1.807, 2.05) is 0 Å². The van der Waals surface area contributed by atoms with Crippen molar-refractivity contribution in [1.29, 1.82) is 0 Å². The van der Waals surface area contributed by atoms with E-state index in [0.29, 0.717) is 17.7 Å². The Morgan fingerprint density at radius 2 is 1.89 bits per heavy atom. The van der Waals surface area contributed by atoms with Crippen molar-refractivity contribution in [3.63, 3.8) is 0 Å². The quantitative estimate of drug-likeness (QED) is 0.746. The minimum absolute atomic E-state index is 0.00952. The third-order valence-electron chi connectivity index (χ3n) is 2.64. The molecular weight excluding hydrogens is 267 g/mol. The van der Waals surface area contributed by atoms with E-state index in [0.717, 1.165) is 0 Å². The third kappa shape index (κ3) is 3.12. The van der Waals surface area contributed by atoms with Crippen molar-refractivity contribution in [2.24, 2.45) is 0 Å². The lowest BCUT2D eigenvalue weighted by Crippen LogP contribution is -1.96. The standard InChI is InChI=1S/C15H12ClFO2/c1-2-13(18)10-6-8-11(9-7-10)19-14-5-3-4-12(16)15(14)17/h3-9H,2H2,1H3. The van der Waals surface area contributed by atoms with Crippen molar-refractivity contribution in [2.75, 3.05) is 0 Å². The second-order valence-electron chi connectivity index (χ2n) is 3.96. The highest BCUT2D eigenvalue weighted by Gasteiger charge is 2.09. The SMILES string of the molecule is CCC(=O)c1ccc(Oc2cccc(Cl)c2F)cc1. The lowest BCUT2D eigenvalue weighted by molar-refractivity contribution is 0.0988. The molecule has 19 heavy (non-hydrogen) atoms. The summed E-state index contributed by atoms with van der Waals surface area (Å²) in [5, 5.41) is 0.00952. The summed E-state index contributed by atoms with van der Waals surface area (Å²) in [7, 11) is 0. The van der Waals surface area contributed by atoms with Crippen LogP contribution >= 0.6 is 11.6 Å². The number of rotatable bonds is 4. The molecule has 0 aliphatic rings. The molecule has 2 aromatic carbocycles. The predicted octanol–water partition coefficient (Wildman–Crippen LogP) is 4.86. The van der Waals surface area contributed by atoms with Gasteiger partial charge in [-0.2, -0.15) is 0 Å². The van der Waals surface area contributed by atoms with Gasteiger partial charge in [-0.3, -0.25) is 4.79 Å². The van der Waals surface area contributed by atoms with E-state index in [2.05, 4.69) is 0 Å². The first-order valence-corrected chi connectivity index (χ1v) is 6.24. The van der Waals surface area contributed by atoms with Crippen LogP contribution in [0.15, 0.2) is 42.5 Å². The van der Waals surface area contributed by atoms with Gasteiger partial charge in [0.1, 0.15) is 5.75 Å². The van der Waals surface area contributed by atoms with Gasteiger partial charge in [0.2, 0.25) is 0 Å². The van der Waals surface area contributed by atoms with Crippen LogP contribution in [0.1, 0.15) is 23.7 Å². The number of carbonyl (C=O) groups is 1. The first-order valence-electron chi connectivity index (χ1n) is 5.87. The summed E-state index contributed by atoms with van der Waals surface area (Å²) in [5.74, 6) is -0.0331. The lowest BCUT2D eigenvalue weighted by Gasteiger charge is -2.08. The molecule has 0 amide bonds. The molecular formula is C15H12ClFO2. The highest BCUT2D eigenvalue weighted by Crippen LogP contribution is 2.28. The van der Waals surface area contributed by atoms with E-state index >= 15 is 0 Å². The van der Waals surface area contributed by atoms with Crippen LogP contribution in [-0.4, -0.2) is 5.78 Å². The number of hydrogen-bond donors (Lipinski definition) is 0. The zero-order valence-electron chi connectivity index (χ0n) is 10.3. The lowest BCUT2D eigenvalue weighted by atomic mass is 10.1. The monoisotopic (exact) mass is 278 g/mol. The molecule has 0 aliphatic carbocycles. The molecule has 0 heterocycles. The van der Waals surface area contributed by atoms with Crippen LogP contribution in [0.5, 0.6) is 11.5 Å². The van der Waals surface area contributed by atoms with Crippen LogP contribution in [0.25, 0.3) is 0 Å². The first-order chi connectivity index (χ1) is 9.11. The van der Waals surface area contributed by atoms with Crippen molar-refractivity contribution in [3.8, 4) is 11.5 Å². The van der Waals surface area contributed by atoms with E-state index in [9.17, 15) is 9.18 Å². The highest BCUT2D eigenvalue weighted by atomic mass is 35.5. The zero-order valence-corrected chi connectivity index (χ0v) is 11.1. The van der Waals surface area contributed by atoms with Crippen molar-refractivity contribution >= 4 is 17.4 Å². The van der Waals surface area contributed by atoms with Crippen LogP contribution in [-0.2, 0) is 0 Å². The zero-order chi connectivity index (χ0) is 13.8. The molecule has 0 fully saturated rings. The molecule has 0 bridgehead atoms. The fourth-order valence-electron chi connectivity index (χ4n) is 1.60. The van der Waals surface area contributed by atoms with E-state index < -0.39 is 5.82 Å². The van der Waals surface area contributed by atoms with Gasteiger partial charge >= 0.3 is 0 Å². The van der Waals surface area contributed by atoms with Gasteiger partial charge in [0, 0.05) is 12.0 Å². The second kappa shape index (κ2) is 5.85. The molecule has 0 saturated heterocycles. The van der Waals surface area contributed by atoms with Gasteiger partial charge in [-0.05, 0) is 36.4 Å². The molecule has 2 aromatic rings. The van der Waals surface area contributed by atoms with E-state index in [1.165, 1.54) is 12.1 Å². The highest BCUT2D eigenvalue weighted by molar-refractivity contribution is 6.30. The number of hydrogen-bond acceptors (Lipinski definition) is 2.